The van der Waals surface area contributed by atoms with Crippen LogP contribution in [0.25, 0.3) is 0 Å². The Labute approximate surface area is 173 Å². The Morgan fingerprint density at radius 2 is 1.57 bits per heavy atom. The van der Waals surface area contributed by atoms with Crippen molar-refractivity contribution in [1.29, 1.82) is 0 Å². The van der Waals surface area contributed by atoms with E-state index in [4.69, 9.17) is 4.74 Å². The summed E-state index contributed by atoms with van der Waals surface area (Å²) in [6.45, 7) is -0.391. The van der Waals surface area contributed by atoms with Crippen LogP contribution >= 0.6 is 11.3 Å². The predicted octanol–water partition coefficient (Wildman–Crippen LogP) is 2.12. The van der Waals surface area contributed by atoms with Gasteiger partial charge in [-0.05, 0) is 23.4 Å². The van der Waals surface area contributed by atoms with Crippen LogP contribution in [-0.2, 0) is 11.2 Å². The van der Waals surface area contributed by atoms with Gasteiger partial charge in [0.25, 0.3) is 0 Å². The van der Waals surface area contributed by atoms with E-state index in [2.05, 4.69) is 19.3 Å². The van der Waals surface area contributed by atoms with Crippen molar-refractivity contribution in [2.24, 2.45) is 0 Å². The lowest BCUT2D eigenvalue weighted by Gasteiger charge is -2.39. The lowest BCUT2D eigenvalue weighted by Crippen LogP contribution is -2.55. The van der Waals surface area contributed by atoms with E-state index in [-0.39, 0.29) is 0 Å². The molecule has 0 unspecified atom stereocenters. The summed E-state index contributed by atoms with van der Waals surface area (Å²) in [5.41, 5.74) is 1.25. The number of thiophene rings is 1. The van der Waals surface area contributed by atoms with Gasteiger partial charge in [-0.1, -0.05) is 63.1 Å². The largest absolute Gasteiger partial charge is 0.394 e. The molecule has 0 spiro atoms. The normalized spacial score (nSPS) is 34.8. The molecule has 2 heterocycles. The maximum absolute atomic E-state index is 10.4. The van der Waals surface area contributed by atoms with E-state index < -0.39 is 37.1 Å². The monoisotopic (exact) mass is 410 g/mol. The van der Waals surface area contributed by atoms with Crippen molar-refractivity contribution >= 4 is 19.2 Å². The van der Waals surface area contributed by atoms with Gasteiger partial charge >= 0.3 is 0 Å². The third-order valence-corrected chi connectivity index (χ3v) is 7.58. The maximum Gasteiger partial charge on any atom is 0.121 e. The summed E-state index contributed by atoms with van der Waals surface area (Å²) in [7, 11) is 2.40. The van der Waals surface area contributed by atoms with E-state index in [1.54, 1.807) is 0 Å². The van der Waals surface area contributed by atoms with Gasteiger partial charge in [-0.2, -0.15) is 0 Å². The van der Waals surface area contributed by atoms with E-state index in [9.17, 15) is 20.4 Å². The summed E-state index contributed by atoms with van der Waals surface area (Å²) >= 11 is 1.52. The molecule has 158 valence electrons. The zero-order valence-electron chi connectivity index (χ0n) is 16.9. The van der Waals surface area contributed by atoms with Crippen LogP contribution in [0.3, 0.4) is 0 Å². The summed E-state index contributed by atoms with van der Waals surface area (Å²) in [4.78, 5) is 0.843. The van der Waals surface area contributed by atoms with Gasteiger partial charge in [0.15, 0.2) is 0 Å². The minimum absolute atomic E-state index is 0.297. The Balaban J connectivity index is 1.68. The van der Waals surface area contributed by atoms with Crippen LogP contribution < -0.4 is 0 Å². The molecule has 0 bridgehead atoms. The van der Waals surface area contributed by atoms with Gasteiger partial charge < -0.3 is 25.2 Å². The first-order chi connectivity index (χ1) is 13.4. The van der Waals surface area contributed by atoms with Crippen molar-refractivity contribution in [3.05, 3.63) is 21.9 Å². The molecule has 1 aliphatic heterocycles. The molecule has 4 N–H and O–H groups in total. The number of hydrogen-bond acceptors (Lipinski definition) is 6. The summed E-state index contributed by atoms with van der Waals surface area (Å²) < 4.78 is 5.71. The third kappa shape index (κ3) is 5.38. The van der Waals surface area contributed by atoms with Crippen LogP contribution in [0.2, 0.25) is 5.31 Å². The molecule has 5 nitrogen and oxygen atoms in total. The SMILES string of the molecule is BC1(Cc2csc([C@@H]3O[C@H](CO)[C@@H](O)[C@H](O)[C@H]3O)c2)CCCCCCCCC1. The summed E-state index contributed by atoms with van der Waals surface area (Å²) in [5, 5.41) is 42.2. The average molecular weight is 410 g/mol. The second kappa shape index (κ2) is 10.0. The van der Waals surface area contributed by atoms with Gasteiger partial charge in [-0.25, -0.2) is 0 Å². The number of ether oxygens (including phenoxy) is 1. The van der Waals surface area contributed by atoms with Gasteiger partial charge in [-0.15, -0.1) is 11.3 Å². The first-order valence-electron chi connectivity index (χ1n) is 10.8. The van der Waals surface area contributed by atoms with E-state index in [0.29, 0.717) is 5.31 Å². The number of hydrogen-bond donors (Lipinski definition) is 4. The molecule has 7 heteroatoms. The fourth-order valence-corrected chi connectivity index (χ4v) is 5.74. The van der Waals surface area contributed by atoms with Crippen molar-refractivity contribution in [1.82, 2.24) is 0 Å². The van der Waals surface area contributed by atoms with E-state index in [1.165, 1.54) is 74.7 Å². The van der Waals surface area contributed by atoms with Gasteiger partial charge in [0.1, 0.15) is 38.4 Å². The molecule has 0 radical (unpaired) electrons. The highest BCUT2D eigenvalue weighted by molar-refractivity contribution is 7.10. The highest BCUT2D eigenvalue weighted by Crippen LogP contribution is 2.42. The van der Waals surface area contributed by atoms with Gasteiger partial charge in [0, 0.05) is 4.88 Å². The minimum Gasteiger partial charge on any atom is -0.394 e. The van der Waals surface area contributed by atoms with Crippen molar-refractivity contribution in [3.8, 4) is 0 Å². The van der Waals surface area contributed by atoms with Crippen LogP contribution in [0.4, 0.5) is 0 Å². The molecule has 0 amide bonds. The van der Waals surface area contributed by atoms with Crippen molar-refractivity contribution in [2.75, 3.05) is 6.61 Å². The highest BCUT2D eigenvalue weighted by atomic mass is 32.1. The number of aliphatic hydroxyl groups is 4. The zero-order chi connectivity index (χ0) is 20.1. The smallest absolute Gasteiger partial charge is 0.121 e. The van der Waals surface area contributed by atoms with Crippen molar-refractivity contribution in [2.45, 2.75) is 100 Å². The fraction of sp³-hybridized carbons (Fsp3) is 0.810. The molecule has 2 fully saturated rings. The molecule has 1 aliphatic carbocycles. The van der Waals surface area contributed by atoms with Gasteiger partial charge in [-0.3, -0.25) is 0 Å². The van der Waals surface area contributed by atoms with Crippen LogP contribution in [0, 0.1) is 0 Å². The standard InChI is InChI=1S/C21H35BO5S/c22-21(8-6-4-2-1-3-5-7-9-21)11-14-10-16(28-13-14)20-19(26)18(25)17(24)15(12-23)27-20/h10,13,15,17-20,23-26H,1-9,11-12,22H2/t15-,17-,18+,19-,20+/m1/s1. The number of aliphatic hydroxyl groups excluding tert-OH is 4. The molecule has 0 aromatic carbocycles. The lowest BCUT2D eigenvalue weighted by molar-refractivity contribution is -0.230. The minimum atomic E-state index is -1.32. The Hall–Kier alpha value is -0.435. The molecular formula is C21H35BO5S. The maximum atomic E-state index is 10.4. The lowest BCUT2D eigenvalue weighted by atomic mass is 9.59. The molecule has 1 saturated carbocycles. The predicted molar refractivity (Wildman–Crippen MR) is 114 cm³/mol. The molecule has 5 atom stereocenters. The molecular weight excluding hydrogens is 375 g/mol. The number of rotatable bonds is 4. The quantitative estimate of drug-likeness (QED) is 0.571. The van der Waals surface area contributed by atoms with Gasteiger partial charge in [0.05, 0.1) is 6.61 Å². The zero-order valence-corrected chi connectivity index (χ0v) is 17.7. The van der Waals surface area contributed by atoms with Crippen molar-refractivity contribution < 1.29 is 25.2 Å². The van der Waals surface area contributed by atoms with Crippen LogP contribution in [0.1, 0.15) is 74.3 Å². The molecule has 3 rings (SSSR count). The Bertz CT molecular complexity index is 597. The van der Waals surface area contributed by atoms with E-state index >= 15 is 0 Å². The highest BCUT2D eigenvalue weighted by Gasteiger charge is 2.44. The Morgan fingerprint density at radius 1 is 0.964 bits per heavy atom. The molecule has 1 aromatic rings. The van der Waals surface area contributed by atoms with Crippen molar-refractivity contribution in [3.63, 3.8) is 0 Å². The van der Waals surface area contributed by atoms with Crippen LogP contribution in [-0.4, -0.2) is 59.3 Å². The Morgan fingerprint density at radius 3 is 2.18 bits per heavy atom. The second-order valence-electron chi connectivity index (χ2n) is 9.07. The first kappa shape index (κ1) is 22.3. The first-order valence-corrected chi connectivity index (χ1v) is 11.7. The van der Waals surface area contributed by atoms with Crippen LogP contribution in [0.5, 0.6) is 0 Å². The molecule has 28 heavy (non-hydrogen) atoms. The second-order valence-corrected chi connectivity index (χ2v) is 10.0. The molecule has 1 saturated heterocycles. The summed E-state index contributed by atoms with van der Waals surface area (Å²) in [6.07, 6.45) is 7.44. The van der Waals surface area contributed by atoms with Crippen LogP contribution in [0.15, 0.2) is 11.4 Å². The van der Waals surface area contributed by atoms with E-state index in [0.717, 1.165) is 11.3 Å². The van der Waals surface area contributed by atoms with Gasteiger partial charge in [0.2, 0.25) is 0 Å². The Kier molecular flexibility index (Phi) is 7.99. The third-order valence-electron chi connectivity index (χ3n) is 6.54. The van der Waals surface area contributed by atoms with E-state index in [1.807, 2.05) is 0 Å². The summed E-state index contributed by atoms with van der Waals surface area (Å²) in [6, 6.07) is 2.07. The molecule has 1 aromatic heterocycles. The summed E-state index contributed by atoms with van der Waals surface area (Å²) in [5.74, 6) is 0. The topological polar surface area (TPSA) is 90.2 Å². The molecule has 2 aliphatic rings. The average Bonchev–Trinajstić information content (AvgIpc) is 3.13. The fourth-order valence-electron chi connectivity index (χ4n) is 4.76.